The van der Waals surface area contributed by atoms with E-state index in [2.05, 4.69) is 10.2 Å². The van der Waals surface area contributed by atoms with Gasteiger partial charge in [-0.2, -0.15) is 0 Å². The highest BCUT2D eigenvalue weighted by Gasteiger charge is 2.23. The van der Waals surface area contributed by atoms with Crippen LogP contribution in [0.4, 0.5) is 0 Å². The molecule has 0 radical (unpaired) electrons. The Morgan fingerprint density at radius 2 is 1.79 bits per heavy atom. The van der Waals surface area contributed by atoms with Crippen molar-refractivity contribution in [1.29, 1.82) is 0 Å². The van der Waals surface area contributed by atoms with E-state index < -0.39 is 11.7 Å². The Bertz CT molecular complexity index is 957. The second kappa shape index (κ2) is 8.70. The first-order chi connectivity index (χ1) is 13.4. The van der Waals surface area contributed by atoms with Gasteiger partial charge in [-0.3, -0.25) is 23.6 Å². The summed E-state index contributed by atoms with van der Waals surface area (Å²) in [5.41, 5.74) is -0.313. The number of rotatable bonds is 6. The average molecular weight is 388 g/mol. The van der Waals surface area contributed by atoms with Crippen LogP contribution in [0.2, 0.25) is 0 Å². The molecule has 28 heavy (non-hydrogen) atoms. The fraction of sp³-hybridized carbons (Fsp3) is 0.550. The van der Waals surface area contributed by atoms with Crippen molar-refractivity contribution in [3.63, 3.8) is 0 Å². The monoisotopic (exact) mass is 388 g/mol. The number of para-hydroxylation sites is 1. The van der Waals surface area contributed by atoms with E-state index >= 15 is 0 Å². The first-order valence-electron chi connectivity index (χ1n) is 9.75. The molecule has 3 rings (SSSR count). The molecule has 0 saturated carbocycles. The molecule has 2 aromatic rings. The molecule has 1 aliphatic heterocycles. The summed E-state index contributed by atoms with van der Waals surface area (Å²) in [7, 11) is 0. The second-order valence-corrected chi connectivity index (χ2v) is 7.36. The molecule has 0 aliphatic carbocycles. The van der Waals surface area contributed by atoms with E-state index in [0.29, 0.717) is 30.7 Å². The van der Waals surface area contributed by atoms with Crippen LogP contribution in [-0.4, -0.2) is 59.3 Å². The van der Waals surface area contributed by atoms with Crippen LogP contribution < -0.4 is 16.6 Å². The maximum Gasteiger partial charge on any atom is 0.332 e. The zero-order valence-electron chi connectivity index (χ0n) is 16.7. The Balaban J connectivity index is 1.86. The van der Waals surface area contributed by atoms with Crippen LogP contribution in [0.3, 0.4) is 0 Å². The van der Waals surface area contributed by atoms with Crippen molar-refractivity contribution in [3.8, 4) is 0 Å². The van der Waals surface area contributed by atoms with E-state index in [0.717, 1.165) is 19.6 Å². The van der Waals surface area contributed by atoms with E-state index in [1.807, 2.05) is 0 Å². The van der Waals surface area contributed by atoms with Gasteiger partial charge in [0, 0.05) is 32.2 Å². The predicted octanol–water partition coefficient (Wildman–Crippen LogP) is 0.754. The molecule has 1 unspecified atom stereocenters. The number of amides is 1. The number of fused-ring (bicyclic) bond motifs is 1. The lowest BCUT2D eigenvalue weighted by molar-refractivity contribution is -0.124. The van der Waals surface area contributed by atoms with Crippen LogP contribution >= 0.6 is 0 Å². The van der Waals surface area contributed by atoms with Crippen LogP contribution in [0.1, 0.15) is 32.9 Å². The summed E-state index contributed by atoms with van der Waals surface area (Å²) >= 11 is 0. The Morgan fingerprint density at radius 3 is 2.46 bits per heavy atom. The quantitative estimate of drug-likeness (QED) is 0.789. The minimum Gasteiger partial charge on any atom is -0.379 e. The fourth-order valence-electron chi connectivity index (χ4n) is 3.56. The Hall–Kier alpha value is -2.45. The number of hydrogen-bond donors (Lipinski definition) is 1. The van der Waals surface area contributed by atoms with Gasteiger partial charge < -0.3 is 10.1 Å². The first kappa shape index (κ1) is 20.3. The summed E-state index contributed by atoms with van der Waals surface area (Å²) in [4.78, 5) is 40.7. The van der Waals surface area contributed by atoms with E-state index in [4.69, 9.17) is 4.74 Å². The highest BCUT2D eigenvalue weighted by Crippen LogP contribution is 2.14. The lowest BCUT2D eigenvalue weighted by atomic mass is 10.2. The van der Waals surface area contributed by atoms with Crippen LogP contribution in [0.5, 0.6) is 0 Å². The molecule has 1 fully saturated rings. The van der Waals surface area contributed by atoms with E-state index in [1.54, 1.807) is 45.0 Å². The van der Waals surface area contributed by atoms with Crippen molar-refractivity contribution >= 4 is 16.8 Å². The summed E-state index contributed by atoms with van der Waals surface area (Å²) in [5.74, 6) is -0.241. The van der Waals surface area contributed by atoms with Crippen LogP contribution in [-0.2, 0) is 9.53 Å². The minimum absolute atomic E-state index is 0.241. The van der Waals surface area contributed by atoms with Gasteiger partial charge in [0.05, 0.1) is 24.1 Å². The van der Waals surface area contributed by atoms with Crippen LogP contribution in [0.15, 0.2) is 33.9 Å². The smallest absolute Gasteiger partial charge is 0.332 e. The van der Waals surface area contributed by atoms with Crippen molar-refractivity contribution in [1.82, 2.24) is 19.4 Å². The van der Waals surface area contributed by atoms with Gasteiger partial charge in [-0.25, -0.2) is 4.79 Å². The number of ether oxygens (including phenoxy) is 1. The summed E-state index contributed by atoms with van der Waals surface area (Å²) in [5, 5.41) is 3.35. The topological polar surface area (TPSA) is 85.6 Å². The minimum atomic E-state index is -0.729. The molecule has 1 aliphatic rings. The summed E-state index contributed by atoms with van der Waals surface area (Å²) in [6.45, 7) is 9.63. The van der Waals surface area contributed by atoms with Crippen molar-refractivity contribution < 1.29 is 9.53 Å². The van der Waals surface area contributed by atoms with Gasteiger partial charge in [0.15, 0.2) is 0 Å². The van der Waals surface area contributed by atoms with Crippen molar-refractivity contribution in [3.05, 3.63) is 45.1 Å². The molecule has 1 N–H and O–H groups in total. The first-order valence-corrected chi connectivity index (χ1v) is 9.75. The van der Waals surface area contributed by atoms with Crippen LogP contribution in [0.25, 0.3) is 10.9 Å². The van der Waals surface area contributed by atoms with E-state index in [9.17, 15) is 14.4 Å². The Kier molecular flexibility index (Phi) is 6.31. The number of nitrogens with zero attached hydrogens (tertiary/aromatic N) is 3. The number of benzene rings is 1. The number of morpholine rings is 1. The molecular weight excluding hydrogens is 360 g/mol. The Morgan fingerprint density at radius 1 is 1.11 bits per heavy atom. The average Bonchev–Trinajstić information content (AvgIpc) is 2.68. The maximum absolute atomic E-state index is 13.0. The number of carbonyl (C=O) groups is 1. The number of nitrogens with one attached hydrogen (secondary N) is 1. The highest BCUT2D eigenvalue weighted by molar-refractivity contribution is 5.84. The third kappa shape index (κ3) is 4.02. The van der Waals surface area contributed by atoms with Crippen molar-refractivity contribution in [2.45, 2.75) is 32.9 Å². The van der Waals surface area contributed by atoms with E-state index in [-0.39, 0.29) is 17.5 Å². The van der Waals surface area contributed by atoms with Crippen LogP contribution in [0, 0.1) is 0 Å². The Labute approximate surface area is 163 Å². The summed E-state index contributed by atoms with van der Waals surface area (Å²) in [6, 6.07) is 5.90. The van der Waals surface area contributed by atoms with Gasteiger partial charge in [-0.1, -0.05) is 12.1 Å². The lowest BCUT2D eigenvalue weighted by Crippen LogP contribution is -2.46. The number of carbonyl (C=O) groups excluding carboxylic acids is 1. The van der Waals surface area contributed by atoms with Gasteiger partial charge >= 0.3 is 5.69 Å². The largest absolute Gasteiger partial charge is 0.379 e. The molecule has 1 saturated heterocycles. The molecule has 152 valence electrons. The molecule has 0 spiro atoms. The summed E-state index contributed by atoms with van der Waals surface area (Å²) in [6.07, 6.45) is 0. The standard InChI is InChI=1S/C20H28N4O4/c1-14(2)23-19(26)16-6-4-5-7-17(16)24(20(23)27)15(3)18(25)21-8-9-22-10-12-28-13-11-22/h4-7,14-15H,8-13H2,1-3H3,(H,21,25). The fourth-order valence-corrected chi connectivity index (χ4v) is 3.56. The molecule has 2 heterocycles. The van der Waals surface area contributed by atoms with Gasteiger partial charge in [-0.05, 0) is 32.9 Å². The molecule has 1 aromatic carbocycles. The number of hydrogen-bond acceptors (Lipinski definition) is 5. The highest BCUT2D eigenvalue weighted by atomic mass is 16.5. The molecular formula is C20H28N4O4. The van der Waals surface area contributed by atoms with E-state index in [1.165, 1.54) is 9.13 Å². The van der Waals surface area contributed by atoms with Gasteiger partial charge in [-0.15, -0.1) is 0 Å². The number of aromatic nitrogens is 2. The molecule has 8 heteroatoms. The maximum atomic E-state index is 13.0. The van der Waals surface area contributed by atoms with Gasteiger partial charge in [0.25, 0.3) is 5.56 Å². The van der Waals surface area contributed by atoms with Gasteiger partial charge in [0.2, 0.25) is 5.91 Å². The van der Waals surface area contributed by atoms with Crippen molar-refractivity contribution in [2.75, 3.05) is 39.4 Å². The van der Waals surface area contributed by atoms with Gasteiger partial charge in [0.1, 0.15) is 6.04 Å². The normalized spacial score (nSPS) is 16.4. The SMILES string of the molecule is CC(C)n1c(=O)c2ccccc2n(C(C)C(=O)NCCN2CCOCC2)c1=O. The zero-order chi connectivity index (χ0) is 20.3. The molecule has 0 bridgehead atoms. The third-order valence-electron chi connectivity index (χ3n) is 5.14. The molecule has 1 amide bonds. The summed E-state index contributed by atoms with van der Waals surface area (Å²) < 4.78 is 7.95. The molecule has 8 nitrogen and oxygen atoms in total. The molecule has 1 aromatic heterocycles. The van der Waals surface area contributed by atoms with Crippen molar-refractivity contribution in [2.24, 2.45) is 0 Å². The predicted molar refractivity (Wildman–Crippen MR) is 108 cm³/mol. The molecule has 1 atom stereocenters. The second-order valence-electron chi connectivity index (χ2n) is 7.36. The lowest BCUT2D eigenvalue weighted by Gasteiger charge is -2.27. The zero-order valence-corrected chi connectivity index (χ0v) is 16.7. The third-order valence-corrected chi connectivity index (χ3v) is 5.14.